The Morgan fingerprint density at radius 3 is 2.00 bits per heavy atom. The van der Waals surface area contributed by atoms with Crippen molar-refractivity contribution in [2.45, 2.75) is 5.92 Å². The van der Waals surface area contributed by atoms with Gasteiger partial charge in [-0.05, 0) is 28.3 Å². The molecular weight excluding hydrogens is 384 g/mol. The van der Waals surface area contributed by atoms with Gasteiger partial charge in [-0.3, -0.25) is 25.7 Å². The number of anilines is 1. The van der Waals surface area contributed by atoms with E-state index in [0.717, 1.165) is 28.3 Å². The van der Waals surface area contributed by atoms with Gasteiger partial charge in [-0.2, -0.15) is 5.10 Å². The summed E-state index contributed by atoms with van der Waals surface area (Å²) < 4.78 is 0. The van der Waals surface area contributed by atoms with Gasteiger partial charge in [0.2, 0.25) is 0 Å². The van der Waals surface area contributed by atoms with Gasteiger partial charge in [0.25, 0.3) is 5.69 Å². The Balaban J connectivity index is 1.69. The van der Waals surface area contributed by atoms with E-state index in [0.29, 0.717) is 0 Å². The van der Waals surface area contributed by atoms with Gasteiger partial charge in [0.15, 0.2) is 0 Å². The minimum Gasteiger partial charge on any atom is -0.272 e. The normalized spacial score (nSPS) is 12.8. The van der Waals surface area contributed by atoms with Crippen molar-refractivity contribution >= 4 is 35.4 Å². The van der Waals surface area contributed by atoms with Crippen molar-refractivity contribution in [1.82, 2.24) is 0 Å². The third-order valence-electron chi connectivity index (χ3n) is 4.90. The topological polar surface area (TPSA) is 111 Å². The van der Waals surface area contributed by atoms with Crippen LogP contribution in [0.1, 0.15) is 28.2 Å². The van der Waals surface area contributed by atoms with Crippen LogP contribution in [0.5, 0.6) is 0 Å². The number of nitro benzene ring substituents is 2. The number of hydrogen-bond acceptors (Lipinski definition) is 6. The van der Waals surface area contributed by atoms with E-state index in [2.05, 4.69) is 22.7 Å². The van der Waals surface area contributed by atoms with Gasteiger partial charge in [-0.15, -0.1) is 0 Å². The third kappa shape index (κ3) is 3.66. The summed E-state index contributed by atoms with van der Waals surface area (Å²) in [6.07, 6.45) is 5.79. The molecule has 1 aliphatic rings. The molecule has 0 amide bonds. The molecule has 0 aliphatic heterocycles. The maximum absolute atomic E-state index is 11.3. The highest BCUT2D eigenvalue weighted by Gasteiger charge is 2.21. The second-order valence-corrected chi connectivity index (χ2v) is 6.67. The Labute approximate surface area is 171 Å². The molecule has 0 atom stereocenters. The fourth-order valence-electron chi connectivity index (χ4n) is 3.46. The molecule has 8 nitrogen and oxygen atoms in total. The minimum atomic E-state index is -0.676. The fraction of sp³-hybridized carbons (Fsp3) is 0.0455. The van der Waals surface area contributed by atoms with Crippen LogP contribution in [0.2, 0.25) is 0 Å². The van der Waals surface area contributed by atoms with Crippen LogP contribution in [0.3, 0.4) is 0 Å². The van der Waals surface area contributed by atoms with E-state index in [1.54, 1.807) is 6.21 Å². The number of fused-ring (bicyclic) bond motifs is 2. The summed E-state index contributed by atoms with van der Waals surface area (Å²) in [6.45, 7) is 0. The lowest BCUT2D eigenvalue weighted by molar-refractivity contribution is -0.393. The lowest BCUT2D eigenvalue weighted by Crippen LogP contribution is -2.07. The van der Waals surface area contributed by atoms with Gasteiger partial charge in [0.05, 0.1) is 15.9 Å². The van der Waals surface area contributed by atoms with Gasteiger partial charge in [-0.1, -0.05) is 60.7 Å². The molecule has 0 saturated carbocycles. The van der Waals surface area contributed by atoms with Gasteiger partial charge in [0, 0.05) is 18.2 Å². The van der Waals surface area contributed by atoms with E-state index in [9.17, 15) is 20.2 Å². The van der Waals surface area contributed by atoms with E-state index < -0.39 is 15.5 Å². The molecule has 1 N–H and O–H groups in total. The van der Waals surface area contributed by atoms with Crippen LogP contribution >= 0.6 is 0 Å². The number of hydrazone groups is 1. The van der Waals surface area contributed by atoms with Crippen LogP contribution in [0, 0.1) is 20.2 Å². The lowest BCUT2D eigenvalue weighted by Gasteiger charge is -2.16. The Kier molecular flexibility index (Phi) is 5.04. The highest BCUT2D eigenvalue weighted by atomic mass is 16.6. The van der Waals surface area contributed by atoms with Gasteiger partial charge < -0.3 is 0 Å². The van der Waals surface area contributed by atoms with Crippen molar-refractivity contribution in [3.63, 3.8) is 0 Å². The second kappa shape index (κ2) is 7.96. The van der Waals surface area contributed by atoms with Crippen LogP contribution < -0.4 is 5.43 Å². The predicted octanol–water partition coefficient (Wildman–Crippen LogP) is 5.22. The Hall–Kier alpha value is -4.33. The lowest BCUT2D eigenvalue weighted by atomic mass is 9.89. The summed E-state index contributed by atoms with van der Waals surface area (Å²) >= 11 is 0. The van der Waals surface area contributed by atoms with E-state index in [-0.39, 0.29) is 17.3 Å². The highest BCUT2D eigenvalue weighted by Crippen LogP contribution is 2.34. The minimum absolute atomic E-state index is 0.0789. The standard InChI is InChI=1S/C22H16N4O4/c27-25(28)17-11-12-21(22(13-17)26(29)30)24-23-14-20-18-7-3-1-5-15(18)9-10-16-6-2-4-8-19(16)20/h1-14,20,24H/b23-14-. The average molecular weight is 400 g/mol. The largest absolute Gasteiger partial charge is 0.301 e. The number of benzene rings is 3. The predicted molar refractivity (Wildman–Crippen MR) is 116 cm³/mol. The molecule has 0 unspecified atom stereocenters. The van der Waals surface area contributed by atoms with E-state index in [1.165, 1.54) is 12.1 Å². The molecular formula is C22H16N4O4. The molecule has 0 aromatic heterocycles. The Bertz CT molecular complexity index is 1150. The monoisotopic (exact) mass is 400 g/mol. The molecule has 30 heavy (non-hydrogen) atoms. The summed E-state index contributed by atoms with van der Waals surface area (Å²) in [5, 5.41) is 26.5. The van der Waals surface area contributed by atoms with Crippen LogP contribution in [-0.4, -0.2) is 16.1 Å². The molecule has 0 saturated heterocycles. The zero-order valence-corrected chi connectivity index (χ0v) is 15.6. The smallest absolute Gasteiger partial charge is 0.272 e. The summed E-state index contributed by atoms with van der Waals surface area (Å²) in [5.41, 5.74) is 6.23. The Morgan fingerprint density at radius 1 is 0.833 bits per heavy atom. The van der Waals surface area contributed by atoms with Crippen LogP contribution in [0.4, 0.5) is 17.1 Å². The number of hydrogen-bond donors (Lipinski definition) is 1. The van der Waals surface area contributed by atoms with Crippen molar-refractivity contribution in [3.8, 4) is 0 Å². The SMILES string of the molecule is O=[N+]([O-])c1ccc(N/N=C\C2c3ccccc3C=Cc3ccccc32)c([N+](=O)[O-])c1. The maximum Gasteiger partial charge on any atom is 0.301 e. The summed E-state index contributed by atoms with van der Waals surface area (Å²) in [7, 11) is 0. The van der Waals surface area contributed by atoms with Gasteiger partial charge in [-0.25, -0.2) is 0 Å². The van der Waals surface area contributed by atoms with Crippen LogP contribution in [-0.2, 0) is 0 Å². The van der Waals surface area contributed by atoms with E-state index in [4.69, 9.17) is 0 Å². The molecule has 0 radical (unpaired) electrons. The molecule has 0 bridgehead atoms. The zero-order valence-electron chi connectivity index (χ0n) is 15.6. The molecule has 8 heteroatoms. The van der Waals surface area contributed by atoms with E-state index in [1.807, 2.05) is 48.5 Å². The number of nitrogens with one attached hydrogen (secondary N) is 1. The van der Waals surface area contributed by atoms with E-state index >= 15 is 0 Å². The number of nitrogens with zero attached hydrogens (tertiary/aromatic N) is 3. The molecule has 1 aliphatic carbocycles. The maximum atomic E-state index is 11.3. The number of non-ortho nitro benzene ring substituents is 1. The number of nitro groups is 2. The summed E-state index contributed by atoms with van der Waals surface area (Å²) in [4.78, 5) is 20.9. The molecule has 148 valence electrons. The van der Waals surface area contributed by atoms with Crippen LogP contribution in [0.15, 0.2) is 71.8 Å². The molecule has 0 heterocycles. The molecule has 4 rings (SSSR count). The highest BCUT2D eigenvalue weighted by molar-refractivity contribution is 5.85. The van der Waals surface area contributed by atoms with Crippen molar-refractivity contribution in [2.75, 3.05) is 5.43 Å². The Morgan fingerprint density at radius 2 is 1.43 bits per heavy atom. The molecule has 3 aromatic carbocycles. The van der Waals surface area contributed by atoms with Gasteiger partial charge in [0.1, 0.15) is 5.69 Å². The van der Waals surface area contributed by atoms with Crippen molar-refractivity contribution in [2.24, 2.45) is 5.10 Å². The third-order valence-corrected chi connectivity index (χ3v) is 4.90. The van der Waals surface area contributed by atoms with Crippen LogP contribution in [0.25, 0.3) is 12.2 Å². The molecule has 3 aromatic rings. The van der Waals surface area contributed by atoms with Gasteiger partial charge >= 0.3 is 5.69 Å². The molecule has 0 fully saturated rings. The summed E-state index contributed by atoms with van der Waals surface area (Å²) in [6, 6.07) is 19.3. The first kappa shape index (κ1) is 19.0. The number of rotatable bonds is 5. The average Bonchev–Trinajstić information content (AvgIpc) is 2.91. The van der Waals surface area contributed by atoms with Crippen molar-refractivity contribution in [3.05, 3.63) is 109 Å². The second-order valence-electron chi connectivity index (χ2n) is 6.67. The zero-order chi connectivity index (χ0) is 21.1. The first-order valence-electron chi connectivity index (χ1n) is 9.12. The molecule has 0 spiro atoms. The quantitative estimate of drug-likeness (QED) is 0.359. The fourth-order valence-corrected chi connectivity index (χ4v) is 3.46. The van der Waals surface area contributed by atoms with Crippen molar-refractivity contribution < 1.29 is 9.85 Å². The first-order valence-corrected chi connectivity index (χ1v) is 9.12. The first-order chi connectivity index (χ1) is 14.5. The summed E-state index contributed by atoms with van der Waals surface area (Å²) in [5.74, 6) is -0.169. The van der Waals surface area contributed by atoms with Crippen molar-refractivity contribution in [1.29, 1.82) is 0 Å².